The Labute approximate surface area is 138 Å². The number of H-pyrrole nitrogens is 1. The Morgan fingerprint density at radius 1 is 1.46 bits per heavy atom. The van der Waals surface area contributed by atoms with E-state index in [1.807, 2.05) is 20.8 Å². The van der Waals surface area contributed by atoms with Crippen molar-refractivity contribution in [3.8, 4) is 0 Å². The van der Waals surface area contributed by atoms with Crippen LogP contribution in [0.4, 0.5) is 5.82 Å². The van der Waals surface area contributed by atoms with E-state index in [0.29, 0.717) is 30.4 Å². The number of nitrogens with two attached hydrogens (primary N) is 1. The number of rotatable bonds is 2. The third kappa shape index (κ3) is 3.14. The number of ether oxygens (including phenoxy) is 2. The van der Waals surface area contributed by atoms with Crippen LogP contribution >= 0.6 is 0 Å². The molecule has 0 radical (unpaired) electrons. The fourth-order valence-electron chi connectivity index (χ4n) is 2.89. The van der Waals surface area contributed by atoms with Gasteiger partial charge in [-0.15, -0.1) is 0 Å². The monoisotopic (exact) mass is 334 g/mol. The van der Waals surface area contributed by atoms with Crippen LogP contribution in [0.15, 0.2) is 17.1 Å². The highest BCUT2D eigenvalue weighted by Gasteiger charge is 2.32. The van der Waals surface area contributed by atoms with Crippen LogP contribution in [0.3, 0.4) is 0 Å². The van der Waals surface area contributed by atoms with Gasteiger partial charge in [0, 0.05) is 6.20 Å². The van der Waals surface area contributed by atoms with Gasteiger partial charge >= 0.3 is 5.97 Å². The lowest BCUT2D eigenvalue weighted by molar-refractivity contribution is -0.172. The lowest BCUT2D eigenvalue weighted by Crippen LogP contribution is -2.38. The lowest BCUT2D eigenvalue weighted by Gasteiger charge is -2.30. The van der Waals surface area contributed by atoms with Gasteiger partial charge in [-0.05, 0) is 39.7 Å². The van der Waals surface area contributed by atoms with Gasteiger partial charge in [0.1, 0.15) is 11.0 Å². The van der Waals surface area contributed by atoms with Crippen LogP contribution in [0.5, 0.6) is 0 Å². The summed E-state index contributed by atoms with van der Waals surface area (Å²) in [6.07, 6.45) is 2.22. The second-order valence-corrected chi connectivity index (χ2v) is 6.98. The fraction of sp³-hybridized carbons (Fsp3) is 0.562. The van der Waals surface area contributed by atoms with Crippen molar-refractivity contribution in [1.29, 1.82) is 0 Å². The topological polar surface area (TPSA) is 112 Å². The third-order valence-electron chi connectivity index (χ3n) is 3.92. The quantitative estimate of drug-likeness (QED) is 0.802. The molecule has 1 saturated heterocycles. The van der Waals surface area contributed by atoms with Crippen molar-refractivity contribution in [1.82, 2.24) is 14.8 Å². The number of pyridine rings is 1. The summed E-state index contributed by atoms with van der Waals surface area (Å²) in [5, 5.41) is 4.66. The molecule has 1 fully saturated rings. The summed E-state index contributed by atoms with van der Waals surface area (Å²) in [4.78, 5) is 26.6. The largest absolute Gasteiger partial charge is 0.458 e. The van der Waals surface area contributed by atoms with Crippen molar-refractivity contribution < 1.29 is 14.3 Å². The van der Waals surface area contributed by atoms with Crippen molar-refractivity contribution in [2.24, 2.45) is 0 Å². The van der Waals surface area contributed by atoms with E-state index >= 15 is 0 Å². The second kappa shape index (κ2) is 5.94. The molecule has 2 atom stereocenters. The number of nitrogens with one attached hydrogen (secondary N) is 1. The Kier molecular flexibility index (Phi) is 4.08. The minimum Gasteiger partial charge on any atom is -0.458 e. The average Bonchev–Trinajstić information content (AvgIpc) is 2.84. The predicted octanol–water partition coefficient (Wildman–Crippen LogP) is 1.37. The summed E-state index contributed by atoms with van der Waals surface area (Å²) in [7, 11) is 0. The molecule has 0 amide bonds. The molecular formula is C16H22N4O4. The Hall–Kier alpha value is -2.35. The van der Waals surface area contributed by atoms with Crippen LogP contribution in [-0.2, 0) is 14.3 Å². The van der Waals surface area contributed by atoms with Gasteiger partial charge < -0.3 is 20.2 Å². The summed E-state index contributed by atoms with van der Waals surface area (Å²) in [5.74, 6) is -0.150. The SMILES string of the molecule is CC(C)(C)OC(=O)[C@@H]1CC[C@@H](n2nc(N)c3c(=O)[nH]ccc32)CO1. The van der Waals surface area contributed by atoms with Crippen LogP contribution in [0.1, 0.15) is 39.7 Å². The Bertz CT molecular complexity index is 810. The fourth-order valence-corrected chi connectivity index (χ4v) is 2.89. The molecule has 0 aliphatic carbocycles. The Balaban J connectivity index is 1.75. The molecule has 3 N–H and O–H groups in total. The number of hydrogen-bond acceptors (Lipinski definition) is 6. The maximum atomic E-state index is 12.1. The van der Waals surface area contributed by atoms with Crippen molar-refractivity contribution in [3.63, 3.8) is 0 Å². The first kappa shape index (κ1) is 16.5. The Morgan fingerprint density at radius 3 is 2.83 bits per heavy atom. The molecular weight excluding hydrogens is 312 g/mol. The molecule has 2 aromatic heterocycles. The number of anilines is 1. The maximum absolute atomic E-state index is 12.1. The highest BCUT2D eigenvalue weighted by Crippen LogP contribution is 2.28. The summed E-state index contributed by atoms with van der Waals surface area (Å²) in [5.41, 5.74) is 5.73. The number of carbonyl (C=O) groups is 1. The van der Waals surface area contributed by atoms with E-state index in [0.717, 1.165) is 0 Å². The van der Waals surface area contributed by atoms with Crippen molar-refractivity contribution in [3.05, 3.63) is 22.6 Å². The molecule has 8 nitrogen and oxygen atoms in total. The van der Waals surface area contributed by atoms with Gasteiger partial charge in [0.15, 0.2) is 11.9 Å². The first-order valence-electron chi connectivity index (χ1n) is 7.96. The minimum absolute atomic E-state index is 0.0784. The molecule has 24 heavy (non-hydrogen) atoms. The van der Waals surface area contributed by atoms with Crippen LogP contribution in [0.25, 0.3) is 10.9 Å². The van der Waals surface area contributed by atoms with E-state index in [2.05, 4.69) is 10.1 Å². The molecule has 0 unspecified atom stereocenters. The molecule has 0 bridgehead atoms. The zero-order valence-corrected chi connectivity index (χ0v) is 14.0. The minimum atomic E-state index is -0.567. The van der Waals surface area contributed by atoms with Gasteiger partial charge in [0.2, 0.25) is 0 Å². The van der Waals surface area contributed by atoms with Crippen LogP contribution in [-0.4, -0.2) is 39.0 Å². The number of aromatic amines is 1. The smallest absolute Gasteiger partial charge is 0.335 e. The van der Waals surface area contributed by atoms with Crippen LogP contribution < -0.4 is 11.3 Å². The number of esters is 1. The molecule has 3 rings (SSSR count). The molecule has 3 heterocycles. The maximum Gasteiger partial charge on any atom is 0.335 e. The van der Waals surface area contributed by atoms with Gasteiger partial charge in [-0.2, -0.15) is 5.10 Å². The van der Waals surface area contributed by atoms with Crippen LogP contribution in [0, 0.1) is 0 Å². The van der Waals surface area contributed by atoms with Crippen LogP contribution in [0.2, 0.25) is 0 Å². The van der Waals surface area contributed by atoms with Gasteiger partial charge in [0.05, 0.1) is 18.2 Å². The van der Waals surface area contributed by atoms with Gasteiger partial charge in [-0.1, -0.05) is 0 Å². The zero-order valence-electron chi connectivity index (χ0n) is 14.0. The summed E-state index contributed by atoms with van der Waals surface area (Å²) < 4.78 is 12.7. The standard InChI is InChI=1S/C16H22N4O4/c1-16(2,3)24-15(22)11-5-4-9(8-23-11)20-10-6-7-18-14(21)12(10)13(17)19-20/h6-7,9,11H,4-5,8H2,1-3H3,(H2,17,19)(H,18,21)/t9-,11+/m1/s1. The molecule has 8 heteroatoms. The number of carbonyl (C=O) groups excluding carboxylic acids is 1. The highest BCUT2D eigenvalue weighted by molar-refractivity contribution is 5.88. The van der Waals surface area contributed by atoms with Gasteiger partial charge in [-0.3, -0.25) is 9.48 Å². The van der Waals surface area contributed by atoms with E-state index in [9.17, 15) is 9.59 Å². The van der Waals surface area contributed by atoms with E-state index in [1.54, 1.807) is 16.9 Å². The normalized spacial score (nSPS) is 21.8. The Morgan fingerprint density at radius 2 is 2.21 bits per heavy atom. The van der Waals surface area contributed by atoms with Crippen molar-refractivity contribution in [2.75, 3.05) is 12.3 Å². The first-order chi connectivity index (χ1) is 11.3. The molecule has 2 aromatic rings. The number of nitrogens with zero attached hydrogens (tertiary/aromatic N) is 2. The van der Waals surface area contributed by atoms with Crippen molar-refractivity contribution >= 4 is 22.7 Å². The summed E-state index contributed by atoms with van der Waals surface area (Å²) >= 11 is 0. The molecule has 130 valence electrons. The number of nitrogen functional groups attached to an aromatic ring is 1. The van der Waals surface area contributed by atoms with E-state index in [1.165, 1.54) is 0 Å². The van der Waals surface area contributed by atoms with Crippen molar-refractivity contribution in [2.45, 2.75) is 51.4 Å². The van der Waals surface area contributed by atoms with Gasteiger partial charge in [-0.25, -0.2) is 4.79 Å². The third-order valence-corrected chi connectivity index (χ3v) is 3.92. The zero-order chi connectivity index (χ0) is 17.5. The molecule has 1 aliphatic rings. The van der Waals surface area contributed by atoms with E-state index in [4.69, 9.17) is 15.2 Å². The molecule has 1 aliphatic heterocycles. The molecule has 0 spiro atoms. The second-order valence-electron chi connectivity index (χ2n) is 6.98. The van der Waals surface area contributed by atoms with E-state index < -0.39 is 11.7 Å². The van der Waals surface area contributed by atoms with E-state index in [-0.39, 0.29) is 23.4 Å². The highest BCUT2D eigenvalue weighted by atomic mass is 16.6. The lowest BCUT2D eigenvalue weighted by atomic mass is 10.0. The summed E-state index contributed by atoms with van der Waals surface area (Å²) in [6.45, 7) is 5.79. The number of aromatic nitrogens is 3. The number of hydrogen-bond donors (Lipinski definition) is 2. The molecule has 0 saturated carbocycles. The molecule has 0 aromatic carbocycles. The first-order valence-corrected chi connectivity index (χ1v) is 7.96. The average molecular weight is 334 g/mol. The summed E-state index contributed by atoms with van der Waals surface area (Å²) in [6, 6.07) is 1.69. The predicted molar refractivity (Wildman–Crippen MR) is 88.6 cm³/mol. The van der Waals surface area contributed by atoms with Gasteiger partial charge in [0.25, 0.3) is 5.56 Å². The number of fused-ring (bicyclic) bond motifs is 1.